The van der Waals surface area contributed by atoms with E-state index in [2.05, 4.69) is 21.6 Å². The van der Waals surface area contributed by atoms with Crippen molar-refractivity contribution in [3.05, 3.63) is 94.5 Å². The summed E-state index contributed by atoms with van der Waals surface area (Å²) in [6, 6.07) is 16.9. The summed E-state index contributed by atoms with van der Waals surface area (Å²) in [6.45, 7) is 1.18. The number of anilines is 1. The van der Waals surface area contributed by atoms with Crippen LogP contribution >= 0.6 is 0 Å². The fourth-order valence-electron chi connectivity index (χ4n) is 4.27. The zero-order valence-electron chi connectivity index (χ0n) is 17.8. The Labute approximate surface area is 193 Å². The minimum absolute atomic E-state index is 0.0956. The van der Waals surface area contributed by atoms with Gasteiger partial charge in [-0.1, -0.05) is 36.4 Å². The number of nitrogens with zero attached hydrogens (tertiary/aromatic N) is 3. The summed E-state index contributed by atoms with van der Waals surface area (Å²) in [7, 11) is 0. The summed E-state index contributed by atoms with van der Waals surface area (Å²) in [4.78, 5) is 27.0. The smallest absolute Gasteiger partial charge is 0.334 e. The highest BCUT2D eigenvalue weighted by Crippen LogP contribution is 2.43. The van der Waals surface area contributed by atoms with Crippen molar-refractivity contribution in [2.75, 3.05) is 11.9 Å². The summed E-state index contributed by atoms with van der Waals surface area (Å²) >= 11 is 0. The van der Waals surface area contributed by atoms with E-state index < -0.39 is 23.7 Å². The highest BCUT2D eigenvalue weighted by molar-refractivity contribution is 6.03. The van der Waals surface area contributed by atoms with Crippen molar-refractivity contribution in [2.45, 2.75) is 25.2 Å². The normalized spacial score (nSPS) is 17.4. The molecule has 2 aliphatic heterocycles. The number of nitrogens with one attached hydrogen (secondary N) is 1. The number of amides is 2. The van der Waals surface area contributed by atoms with E-state index in [9.17, 15) is 22.8 Å². The fraction of sp³-hybridized carbons (Fsp3) is 0.200. The first kappa shape index (κ1) is 21.8. The molecule has 0 saturated heterocycles. The molecular weight excluding hydrogens is 445 g/mol. The monoisotopic (exact) mass is 464 g/mol. The van der Waals surface area contributed by atoms with Gasteiger partial charge in [-0.25, -0.2) is 0 Å². The average Bonchev–Trinajstić information content (AvgIpc) is 3.16. The lowest BCUT2D eigenvalue weighted by molar-refractivity contribution is -0.136. The Morgan fingerprint density at radius 1 is 0.971 bits per heavy atom. The van der Waals surface area contributed by atoms with Crippen LogP contribution in [0.3, 0.4) is 0 Å². The maximum atomic E-state index is 13.2. The maximum Gasteiger partial charge on any atom is 0.418 e. The Kier molecular flexibility index (Phi) is 5.39. The van der Waals surface area contributed by atoms with Gasteiger partial charge in [0.2, 0.25) is 0 Å². The van der Waals surface area contributed by atoms with Crippen molar-refractivity contribution < 1.29 is 22.8 Å². The van der Waals surface area contributed by atoms with Crippen molar-refractivity contribution in [1.82, 2.24) is 4.90 Å². The number of fused-ring (bicyclic) bond motifs is 2. The van der Waals surface area contributed by atoms with Crippen LogP contribution in [0.1, 0.15) is 38.7 Å². The summed E-state index contributed by atoms with van der Waals surface area (Å²) in [6.07, 6.45) is -3.79. The van der Waals surface area contributed by atoms with E-state index >= 15 is 0 Å². The highest BCUT2D eigenvalue weighted by atomic mass is 19.4. The molecule has 2 amide bonds. The lowest BCUT2D eigenvalue weighted by atomic mass is 9.99. The molecule has 2 aliphatic rings. The summed E-state index contributed by atoms with van der Waals surface area (Å²) in [5, 5.41) is 10.3. The summed E-state index contributed by atoms with van der Waals surface area (Å²) < 4.78 is 39.7. The van der Waals surface area contributed by atoms with Crippen LogP contribution in [-0.4, -0.2) is 23.3 Å². The number of alkyl halides is 3. The van der Waals surface area contributed by atoms with Gasteiger partial charge in [0, 0.05) is 24.2 Å². The zero-order chi connectivity index (χ0) is 23.9. The quantitative estimate of drug-likeness (QED) is 0.507. The van der Waals surface area contributed by atoms with Crippen LogP contribution in [0.25, 0.3) is 0 Å². The van der Waals surface area contributed by atoms with E-state index in [0.29, 0.717) is 24.3 Å². The van der Waals surface area contributed by atoms with Crippen molar-refractivity contribution in [1.29, 1.82) is 0 Å². The number of halogens is 3. The maximum absolute atomic E-state index is 13.2. The number of carbonyl (C=O) groups excluding carboxylic acids is 2. The molecule has 9 heteroatoms. The molecule has 0 bridgehead atoms. The van der Waals surface area contributed by atoms with Crippen LogP contribution in [-0.2, 0) is 23.9 Å². The second-order valence-corrected chi connectivity index (χ2v) is 8.17. The molecule has 0 aromatic heterocycles. The number of benzene rings is 3. The molecule has 172 valence electrons. The lowest BCUT2D eigenvalue weighted by Gasteiger charge is -2.29. The lowest BCUT2D eigenvalue weighted by Crippen LogP contribution is -2.35. The number of azo groups is 1. The van der Waals surface area contributed by atoms with E-state index in [4.69, 9.17) is 0 Å². The van der Waals surface area contributed by atoms with Gasteiger partial charge in [0.25, 0.3) is 11.8 Å². The number of hydrogen-bond donors (Lipinski definition) is 1. The van der Waals surface area contributed by atoms with Gasteiger partial charge in [0.1, 0.15) is 0 Å². The molecule has 0 radical (unpaired) electrons. The number of hydrogen-bond acceptors (Lipinski definition) is 4. The third-order valence-corrected chi connectivity index (χ3v) is 6.01. The number of carbonyl (C=O) groups is 2. The predicted octanol–water partition coefficient (Wildman–Crippen LogP) is 5.68. The molecule has 1 N–H and O–H groups in total. The molecule has 1 atom stereocenters. The van der Waals surface area contributed by atoms with Crippen LogP contribution in [0, 0.1) is 0 Å². The van der Waals surface area contributed by atoms with Gasteiger partial charge < -0.3 is 10.2 Å². The predicted molar refractivity (Wildman–Crippen MR) is 119 cm³/mol. The van der Waals surface area contributed by atoms with Crippen LogP contribution in [0.5, 0.6) is 0 Å². The molecule has 34 heavy (non-hydrogen) atoms. The minimum atomic E-state index is -4.59. The Bertz CT molecular complexity index is 1300. The molecule has 2 heterocycles. The van der Waals surface area contributed by atoms with Crippen molar-refractivity contribution >= 4 is 23.2 Å². The zero-order valence-corrected chi connectivity index (χ0v) is 17.8. The second-order valence-electron chi connectivity index (χ2n) is 8.17. The van der Waals surface area contributed by atoms with Crippen LogP contribution < -0.4 is 5.32 Å². The Morgan fingerprint density at radius 3 is 2.44 bits per heavy atom. The third-order valence-electron chi connectivity index (χ3n) is 6.01. The van der Waals surface area contributed by atoms with Crippen LogP contribution in [0.15, 0.2) is 77.0 Å². The molecule has 0 spiro atoms. The van der Waals surface area contributed by atoms with Crippen molar-refractivity contribution in [3.8, 4) is 0 Å². The van der Waals surface area contributed by atoms with Gasteiger partial charge in [-0.05, 0) is 47.9 Å². The van der Waals surface area contributed by atoms with Gasteiger partial charge in [0.05, 0.1) is 16.9 Å². The van der Waals surface area contributed by atoms with Gasteiger partial charge in [0.15, 0.2) is 6.04 Å². The fourth-order valence-corrected chi connectivity index (χ4v) is 4.27. The largest absolute Gasteiger partial charge is 0.418 e. The highest BCUT2D eigenvalue weighted by Gasteiger charge is 2.40. The molecule has 3 aromatic rings. The van der Waals surface area contributed by atoms with Gasteiger partial charge in [-0.3, -0.25) is 9.59 Å². The molecule has 0 aliphatic carbocycles. The first-order valence-electron chi connectivity index (χ1n) is 10.7. The molecule has 0 unspecified atom stereocenters. The molecule has 5 rings (SSSR count). The molecule has 6 nitrogen and oxygen atoms in total. The standard InChI is InChI=1S/C25H19F3N4O2/c26-25(27,28)20-7-3-6-19-21(20)29-23(33)22(19)31-30-18-10-8-16(9-11-18)24(34)32-13-12-15-4-1-2-5-17(15)14-32/h1-11,22H,12-14H2,(H,29,33)/t22-/m0/s1. The Morgan fingerprint density at radius 2 is 1.71 bits per heavy atom. The molecule has 0 fully saturated rings. The van der Waals surface area contributed by atoms with E-state index in [0.717, 1.165) is 18.1 Å². The summed E-state index contributed by atoms with van der Waals surface area (Å²) in [5.41, 5.74) is 2.19. The average molecular weight is 464 g/mol. The van der Waals surface area contributed by atoms with Gasteiger partial charge >= 0.3 is 6.18 Å². The molecule has 3 aromatic carbocycles. The van der Waals surface area contributed by atoms with Crippen molar-refractivity contribution in [3.63, 3.8) is 0 Å². The minimum Gasteiger partial charge on any atom is -0.334 e. The van der Waals surface area contributed by atoms with E-state index in [1.54, 1.807) is 29.2 Å². The van der Waals surface area contributed by atoms with E-state index in [1.165, 1.54) is 17.7 Å². The summed E-state index contributed by atoms with van der Waals surface area (Å²) in [5.74, 6) is -0.769. The molecular formula is C25H19F3N4O2. The SMILES string of the molecule is O=C1Nc2c(cccc2C(F)(F)F)[C@@H]1N=Nc1ccc(C(=O)N2CCc3ccccc3C2)cc1. The van der Waals surface area contributed by atoms with Gasteiger partial charge in [-0.15, -0.1) is 0 Å². The number of para-hydroxylation sites is 1. The topological polar surface area (TPSA) is 74.1 Å². The Balaban J connectivity index is 1.31. The first-order valence-corrected chi connectivity index (χ1v) is 10.7. The number of rotatable bonds is 3. The van der Waals surface area contributed by atoms with Crippen molar-refractivity contribution in [2.24, 2.45) is 10.2 Å². The van der Waals surface area contributed by atoms with Crippen LogP contribution in [0.4, 0.5) is 24.5 Å². The molecule has 0 saturated carbocycles. The first-order chi connectivity index (χ1) is 16.3. The van der Waals surface area contributed by atoms with E-state index in [1.807, 2.05) is 18.2 Å². The van der Waals surface area contributed by atoms with Crippen LogP contribution in [0.2, 0.25) is 0 Å². The third kappa shape index (κ3) is 4.05. The second kappa shape index (κ2) is 8.40. The van der Waals surface area contributed by atoms with Gasteiger partial charge in [-0.2, -0.15) is 23.4 Å². The Hall–Kier alpha value is -4.01. The van der Waals surface area contributed by atoms with E-state index in [-0.39, 0.29) is 17.2 Å².